The molecule has 0 aliphatic heterocycles. The van der Waals surface area contributed by atoms with E-state index in [1.54, 1.807) is 12.1 Å². The molecule has 2 aromatic rings. The maximum atomic E-state index is 8.69. The highest BCUT2D eigenvalue weighted by Crippen LogP contribution is 2.21. The minimum atomic E-state index is 0.226. The van der Waals surface area contributed by atoms with Gasteiger partial charge in [0, 0.05) is 0 Å². The van der Waals surface area contributed by atoms with Gasteiger partial charge in [0.15, 0.2) is 5.76 Å². The van der Waals surface area contributed by atoms with Crippen LogP contribution in [0.25, 0.3) is 11.5 Å². The smallest absolute Gasteiger partial charge is 0.152 e. The predicted octanol–water partition coefficient (Wildman–Crippen LogP) is 2.10. The summed E-state index contributed by atoms with van der Waals surface area (Å²) in [5.41, 5.74) is 6.62. The van der Waals surface area contributed by atoms with E-state index in [-0.39, 0.29) is 5.82 Å². The summed E-state index contributed by atoms with van der Waals surface area (Å²) in [6.07, 6.45) is 0. The predicted molar refractivity (Wildman–Crippen MR) is 55.8 cm³/mol. The van der Waals surface area contributed by atoms with Crippen molar-refractivity contribution < 1.29 is 4.42 Å². The van der Waals surface area contributed by atoms with Crippen LogP contribution in [-0.2, 0) is 0 Å². The third-order valence-corrected chi connectivity index (χ3v) is 2.04. The minimum Gasteiger partial charge on any atom is -0.460 e. The monoisotopic (exact) mass is 199 g/mol. The molecule has 0 atom stereocenters. The Balaban J connectivity index is 2.48. The lowest BCUT2D eigenvalue weighted by atomic mass is 10.2. The summed E-state index contributed by atoms with van der Waals surface area (Å²) < 4.78 is 5.40. The largest absolute Gasteiger partial charge is 0.460 e. The lowest BCUT2D eigenvalue weighted by Gasteiger charge is -1.99. The Labute approximate surface area is 87.0 Å². The molecule has 0 radical (unpaired) electrons. The number of aromatic nitrogens is 1. The number of anilines is 1. The molecule has 2 rings (SSSR count). The quantitative estimate of drug-likeness (QED) is 0.763. The van der Waals surface area contributed by atoms with E-state index in [4.69, 9.17) is 15.4 Å². The van der Waals surface area contributed by atoms with Gasteiger partial charge in [-0.3, -0.25) is 0 Å². The molecule has 0 aliphatic carbocycles. The maximum Gasteiger partial charge on any atom is 0.152 e. The molecule has 0 amide bonds. The molecule has 15 heavy (non-hydrogen) atoms. The van der Waals surface area contributed by atoms with Crippen molar-refractivity contribution >= 4 is 5.82 Å². The third-order valence-electron chi connectivity index (χ3n) is 2.04. The van der Waals surface area contributed by atoms with Gasteiger partial charge in [0.1, 0.15) is 23.3 Å². The molecule has 74 valence electrons. The number of aryl methyl sites for hydroxylation is 1. The van der Waals surface area contributed by atoms with Crippen LogP contribution in [0.3, 0.4) is 0 Å². The third kappa shape index (κ3) is 1.67. The molecule has 2 N–H and O–H groups in total. The average Bonchev–Trinajstić information content (AvgIpc) is 2.65. The molecule has 4 nitrogen and oxygen atoms in total. The number of hydrogen-bond donors (Lipinski definition) is 1. The summed E-state index contributed by atoms with van der Waals surface area (Å²) in [5, 5.41) is 8.69. The average molecular weight is 199 g/mol. The molecule has 0 aliphatic rings. The van der Waals surface area contributed by atoms with Crippen molar-refractivity contribution in [2.45, 2.75) is 6.92 Å². The fourth-order valence-corrected chi connectivity index (χ4v) is 1.28. The number of furan rings is 1. The molecule has 2 heterocycles. The lowest BCUT2D eigenvalue weighted by molar-refractivity contribution is 0.546. The van der Waals surface area contributed by atoms with Crippen LogP contribution in [0.2, 0.25) is 0 Å². The molecule has 2 aromatic heterocycles. The van der Waals surface area contributed by atoms with Gasteiger partial charge >= 0.3 is 0 Å². The molecule has 0 spiro atoms. The molecule has 0 saturated heterocycles. The van der Waals surface area contributed by atoms with E-state index >= 15 is 0 Å². The highest BCUT2D eigenvalue weighted by atomic mass is 16.3. The molecule has 4 heteroatoms. The summed E-state index contributed by atoms with van der Waals surface area (Å²) in [6.45, 7) is 1.86. The SMILES string of the molecule is Cc1ccc(-c2ccc(C#N)c(N)n2)o1. The van der Waals surface area contributed by atoms with Crippen LogP contribution >= 0.6 is 0 Å². The highest BCUT2D eigenvalue weighted by Gasteiger charge is 2.06. The van der Waals surface area contributed by atoms with Crippen molar-refractivity contribution in [1.82, 2.24) is 4.98 Å². The summed E-state index contributed by atoms with van der Waals surface area (Å²) in [7, 11) is 0. The number of rotatable bonds is 1. The normalized spacial score (nSPS) is 9.87. The summed E-state index contributed by atoms with van der Waals surface area (Å²) in [6, 6.07) is 8.99. The van der Waals surface area contributed by atoms with Gasteiger partial charge in [0.2, 0.25) is 0 Å². The first-order valence-electron chi connectivity index (χ1n) is 4.44. The van der Waals surface area contributed by atoms with E-state index in [2.05, 4.69) is 4.98 Å². The fourth-order valence-electron chi connectivity index (χ4n) is 1.28. The number of nitriles is 1. The fraction of sp³-hybridized carbons (Fsp3) is 0.0909. The van der Waals surface area contributed by atoms with Gasteiger partial charge < -0.3 is 10.2 Å². The highest BCUT2D eigenvalue weighted by molar-refractivity contribution is 5.59. The molecule has 0 fully saturated rings. The first-order valence-corrected chi connectivity index (χ1v) is 4.44. The van der Waals surface area contributed by atoms with Gasteiger partial charge in [0.25, 0.3) is 0 Å². The van der Waals surface area contributed by atoms with E-state index in [1.165, 1.54) is 0 Å². The van der Waals surface area contributed by atoms with E-state index < -0.39 is 0 Å². The Kier molecular flexibility index (Phi) is 2.14. The maximum absolute atomic E-state index is 8.69. The number of nitrogen functional groups attached to an aromatic ring is 1. The van der Waals surface area contributed by atoms with Crippen molar-refractivity contribution in [3.63, 3.8) is 0 Å². The van der Waals surface area contributed by atoms with E-state index in [0.29, 0.717) is 17.0 Å². The van der Waals surface area contributed by atoms with E-state index in [1.807, 2.05) is 25.1 Å². The second-order valence-electron chi connectivity index (χ2n) is 3.15. The lowest BCUT2D eigenvalue weighted by Crippen LogP contribution is -1.95. The van der Waals surface area contributed by atoms with Crippen LogP contribution in [0.5, 0.6) is 0 Å². The van der Waals surface area contributed by atoms with Crippen LogP contribution in [0.1, 0.15) is 11.3 Å². The van der Waals surface area contributed by atoms with Crippen LogP contribution in [0.4, 0.5) is 5.82 Å². The first kappa shape index (κ1) is 9.28. The summed E-state index contributed by atoms with van der Waals surface area (Å²) >= 11 is 0. The first-order chi connectivity index (χ1) is 7.20. The minimum absolute atomic E-state index is 0.226. The topological polar surface area (TPSA) is 75.8 Å². The number of hydrogen-bond acceptors (Lipinski definition) is 4. The van der Waals surface area contributed by atoms with Crippen LogP contribution in [0.15, 0.2) is 28.7 Å². The van der Waals surface area contributed by atoms with Crippen molar-refractivity contribution in [2.24, 2.45) is 0 Å². The van der Waals surface area contributed by atoms with Crippen LogP contribution in [0, 0.1) is 18.3 Å². The second kappa shape index (κ2) is 3.46. The Hall–Kier alpha value is -2.28. The van der Waals surface area contributed by atoms with Gasteiger partial charge in [0.05, 0.1) is 5.56 Å². The zero-order valence-electron chi connectivity index (χ0n) is 8.19. The van der Waals surface area contributed by atoms with Crippen molar-refractivity contribution in [2.75, 3.05) is 5.73 Å². The van der Waals surface area contributed by atoms with Gasteiger partial charge in [-0.25, -0.2) is 4.98 Å². The van der Waals surface area contributed by atoms with Crippen molar-refractivity contribution in [3.05, 3.63) is 35.6 Å². The van der Waals surface area contributed by atoms with E-state index in [0.717, 1.165) is 5.76 Å². The Morgan fingerprint density at radius 1 is 1.33 bits per heavy atom. The number of nitrogens with two attached hydrogens (primary N) is 1. The molecule has 0 aromatic carbocycles. The van der Waals surface area contributed by atoms with Gasteiger partial charge in [-0.2, -0.15) is 5.26 Å². The Morgan fingerprint density at radius 2 is 2.13 bits per heavy atom. The zero-order chi connectivity index (χ0) is 10.8. The standard InChI is InChI=1S/C11H9N3O/c1-7-2-5-10(15-7)9-4-3-8(6-12)11(13)14-9/h2-5H,1H3,(H2,13,14). The Bertz CT molecular complexity index is 537. The van der Waals surface area contributed by atoms with Crippen molar-refractivity contribution in [1.29, 1.82) is 5.26 Å². The molecule has 0 unspecified atom stereocenters. The summed E-state index contributed by atoms with van der Waals surface area (Å²) in [4.78, 5) is 4.09. The van der Waals surface area contributed by atoms with Gasteiger partial charge in [-0.15, -0.1) is 0 Å². The molecular weight excluding hydrogens is 190 g/mol. The molecule has 0 bridgehead atoms. The van der Waals surface area contributed by atoms with Gasteiger partial charge in [-0.1, -0.05) is 0 Å². The number of nitrogens with zero attached hydrogens (tertiary/aromatic N) is 2. The summed E-state index contributed by atoms with van der Waals surface area (Å²) in [5.74, 6) is 1.70. The zero-order valence-corrected chi connectivity index (χ0v) is 8.19. The second-order valence-corrected chi connectivity index (χ2v) is 3.15. The van der Waals surface area contributed by atoms with Crippen LogP contribution in [-0.4, -0.2) is 4.98 Å². The molecular formula is C11H9N3O. The van der Waals surface area contributed by atoms with Crippen molar-refractivity contribution in [3.8, 4) is 17.5 Å². The van der Waals surface area contributed by atoms with Gasteiger partial charge in [-0.05, 0) is 31.2 Å². The Morgan fingerprint density at radius 3 is 2.67 bits per heavy atom. The number of pyridine rings is 1. The molecule has 0 saturated carbocycles. The van der Waals surface area contributed by atoms with Crippen LogP contribution < -0.4 is 5.73 Å². The van der Waals surface area contributed by atoms with E-state index in [9.17, 15) is 0 Å².